The lowest BCUT2D eigenvalue weighted by molar-refractivity contribution is -0.172. The summed E-state index contributed by atoms with van der Waals surface area (Å²) < 4.78 is 11.9. The molecule has 0 aliphatic heterocycles. The van der Waals surface area contributed by atoms with E-state index in [0.29, 0.717) is 41.8 Å². The van der Waals surface area contributed by atoms with E-state index in [2.05, 4.69) is 27.7 Å². The van der Waals surface area contributed by atoms with Crippen molar-refractivity contribution in [2.45, 2.75) is 112 Å². The molecule has 4 fully saturated rings. The zero-order valence-electron chi connectivity index (χ0n) is 21.5. The number of hydrogen-bond acceptors (Lipinski definition) is 5. The Morgan fingerprint density at radius 1 is 1.09 bits per heavy atom. The Morgan fingerprint density at radius 2 is 1.82 bits per heavy atom. The Labute approximate surface area is 199 Å². The summed E-state index contributed by atoms with van der Waals surface area (Å²) in [5, 5.41) is 0. The standard InChI is InChI=1S/C28H44O5/c1-7-8-24(32-17(3)29)22-15-25(33-18(4)30)27(5)12-11-23-21(26(22)27)10-9-19-14-20(31)13-16(2)28(19,23)6/h16,19,21-26H,7-15H2,1-6H3/t16-,19-,21+,22-,23-,24-,25-,26+,27+,28-/m0/s1. The maximum Gasteiger partial charge on any atom is 0.302 e. The number of carbonyl (C=O) groups excluding carboxylic acids is 3. The van der Waals surface area contributed by atoms with Gasteiger partial charge in [0, 0.05) is 38.0 Å². The van der Waals surface area contributed by atoms with Gasteiger partial charge in [0.15, 0.2) is 0 Å². The van der Waals surface area contributed by atoms with E-state index in [9.17, 15) is 14.4 Å². The second-order valence-electron chi connectivity index (χ2n) is 12.3. The van der Waals surface area contributed by atoms with Crippen LogP contribution in [0.25, 0.3) is 0 Å². The molecule has 0 bridgehead atoms. The first-order valence-corrected chi connectivity index (χ1v) is 13.4. The molecule has 4 aliphatic rings. The van der Waals surface area contributed by atoms with Crippen molar-refractivity contribution in [1.82, 2.24) is 0 Å². The molecule has 4 rings (SSSR count). The molecule has 10 atom stereocenters. The zero-order chi connectivity index (χ0) is 24.1. The maximum atomic E-state index is 12.4. The largest absolute Gasteiger partial charge is 0.462 e. The maximum absolute atomic E-state index is 12.4. The van der Waals surface area contributed by atoms with Crippen molar-refractivity contribution < 1.29 is 23.9 Å². The summed E-state index contributed by atoms with van der Waals surface area (Å²) in [5.74, 6) is 2.61. The van der Waals surface area contributed by atoms with Crippen molar-refractivity contribution >= 4 is 17.7 Å². The fourth-order valence-electron chi connectivity index (χ4n) is 9.23. The van der Waals surface area contributed by atoms with Crippen molar-refractivity contribution in [2.24, 2.45) is 46.3 Å². The van der Waals surface area contributed by atoms with Crippen LogP contribution in [-0.4, -0.2) is 29.9 Å². The first-order valence-electron chi connectivity index (χ1n) is 13.4. The molecule has 0 saturated heterocycles. The van der Waals surface area contributed by atoms with Crippen LogP contribution in [-0.2, 0) is 23.9 Å². The summed E-state index contributed by atoms with van der Waals surface area (Å²) in [5.41, 5.74) is 0.102. The van der Waals surface area contributed by atoms with Crippen LogP contribution in [0.1, 0.15) is 99.3 Å². The molecule has 0 N–H and O–H groups in total. The summed E-state index contributed by atoms with van der Waals surface area (Å²) >= 11 is 0. The van der Waals surface area contributed by atoms with Gasteiger partial charge in [0.05, 0.1) is 0 Å². The Kier molecular flexibility index (Phi) is 6.74. The van der Waals surface area contributed by atoms with Crippen LogP contribution in [0.3, 0.4) is 0 Å². The second kappa shape index (κ2) is 9.00. The molecule has 4 saturated carbocycles. The van der Waals surface area contributed by atoms with Crippen LogP contribution in [0.2, 0.25) is 0 Å². The van der Waals surface area contributed by atoms with E-state index in [1.807, 2.05) is 0 Å². The molecule has 5 nitrogen and oxygen atoms in total. The van der Waals surface area contributed by atoms with Crippen LogP contribution in [0.4, 0.5) is 0 Å². The van der Waals surface area contributed by atoms with Crippen LogP contribution in [0.5, 0.6) is 0 Å². The van der Waals surface area contributed by atoms with Crippen molar-refractivity contribution in [1.29, 1.82) is 0 Å². The molecule has 0 aromatic heterocycles. The molecule has 0 heterocycles. The number of ketones is 1. The number of Topliss-reactive ketones (excluding diaryl/α,β-unsaturated/α-hetero) is 1. The van der Waals surface area contributed by atoms with Gasteiger partial charge in [0.2, 0.25) is 0 Å². The predicted molar refractivity (Wildman–Crippen MR) is 126 cm³/mol. The first-order chi connectivity index (χ1) is 15.5. The predicted octanol–water partition coefficient (Wildman–Crippen LogP) is 5.73. The molecular formula is C28H44O5. The van der Waals surface area contributed by atoms with Crippen LogP contribution in [0.15, 0.2) is 0 Å². The monoisotopic (exact) mass is 460 g/mol. The second-order valence-corrected chi connectivity index (χ2v) is 12.3. The summed E-state index contributed by atoms with van der Waals surface area (Å²) in [6.45, 7) is 12.3. The van der Waals surface area contributed by atoms with Gasteiger partial charge in [-0.05, 0) is 73.5 Å². The molecule has 33 heavy (non-hydrogen) atoms. The Hall–Kier alpha value is -1.39. The highest BCUT2D eigenvalue weighted by Gasteiger charge is 2.65. The molecule has 0 amide bonds. The van der Waals surface area contributed by atoms with Crippen LogP contribution >= 0.6 is 0 Å². The third kappa shape index (κ3) is 4.05. The van der Waals surface area contributed by atoms with E-state index in [1.165, 1.54) is 13.8 Å². The number of hydrogen-bond donors (Lipinski definition) is 0. The van der Waals surface area contributed by atoms with Gasteiger partial charge in [0.1, 0.15) is 18.0 Å². The summed E-state index contributed by atoms with van der Waals surface area (Å²) in [6, 6.07) is 0. The Bertz CT molecular complexity index is 791. The highest BCUT2D eigenvalue weighted by molar-refractivity contribution is 5.80. The van der Waals surface area contributed by atoms with E-state index >= 15 is 0 Å². The minimum Gasteiger partial charge on any atom is -0.462 e. The van der Waals surface area contributed by atoms with Gasteiger partial charge in [0.25, 0.3) is 0 Å². The minimum absolute atomic E-state index is 0.0828. The fourth-order valence-corrected chi connectivity index (χ4v) is 9.23. The summed E-state index contributed by atoms with van der Waals surface area (Å²) in [4.78, 5) is 36.5. The molecule has 4 aliphatic carbocycles. The van der Waals surface area contributed by atoms with Crippen molar-refractivity contribution in [3.8, 4) is 0 Å². The van der Waals surface area contributed by atoms with E-state index in [1.54, 1.807) is 0 Å². The Morgan fingerprint density at radius 3 is 2.45 bits per heavy atom. The number of carbonyl (C=O) groups is 3. The van der Waals surface area contributed by atoms with Crippen molar-refractivity contribution in [3.63, 3.8) is 0 Å². The molecule has 0 aromatic carbocycles. The SMILES string of the molecule is CCC[C@H](OC(C)=O)[C@@H]1C[C@H](OC(C)=O)[C@@]2(C)CC[C@H]3[C@@H](CC[C@H]4CC(=O)C[C@H](C)[C@@]43C)[C@H]12. The number of rotatable bonds is 5. The van der Waals surface area contributed by atoms with Crippen LogP contribution in [0, 0.1) is 46.3 Å². The average molecular weight is 461 g/mol. The quantitative estimate of drug-likeness (QED) is 0.490. The van der Waals surface area contributed by atoms with Gasteiger partial charge >= 0.3 is 11.9 Å². The normalized spacial score (nSPS) is 45.4. The smallest absolute Gasteiger partial charge is 0.302 e. The van der Waals surface area contributed by atoms with Crippen LogP contribution < -0.4 is 0 Å². The van der Waals surface area contributed by atoms with Gasteiger partial charge in [-0.1, -0.05) is 34.1 Å². The Balaban J connectivity index is 1.72. The van der Waals surface area contributed by atoms with Gasteiger partial charge in [-0.15, -0.1) is 0 Å². The summed E-state index contributed by atoms with van der Waals surface area (Å²) in [7, 11) is 0. The van der Waals surface area contributed by atoms with Crippen molar-refractivity contribution in [3.05, 3.63) is 0 Å². The average Bonchev–Trinajstić information content (AvgIpc) is 3.00. The molecule has 0 unspecified atom stereocenters. The molecule has 5 heteroatoms. The van der Waals surface area contributed by atoms with E-state index in [-0.39, 0.29) is 40.9 Å². The van der Waals surface area contributed by atoms with Gasteiger partial charge in [-0.2, -0.15) is 0 Å². The van der Waals surface area contributed by atoms with E-state index < -0.39 is 0 Å². The third-order valence-electron chi connectivity index (χ3n) is 10.7. The lowest BCUT2D eigenvalue weighted by Crippen LogP contribution is -2.58. The van der Waals surface area contributed by atoms with Gasteiger partial charge in [-0.3, -0.25) is 14.4 Å². The van der Waals surface area contributed by atoms with Gasteiger partial charge in [-0.25, -0.2) is 0 Å². The van der Waals surface area contributed by atoms with E-state index in [4.69, 9.17) is 9.47 Å². The van der Waals surface area contributed by atoms with Crippen molar-refractivity contribution in [2.75, 3.05) is 0 Å². The number of esters is 2. The topological polar surface area (TPSA) is 69.7 Å². The lowest BCUT2D eigenvalue weighted by atomic mass is 9.42. The molecule has 0 radical (unpaired) electrons. The molecular weight excluding hydrogens is 416 g/mol. The summed E-state index contributed by atoms with van der Waals surface area (Å²) in [6.07, 6.45) is 8.25. The fraction of sp³-hybridized carbons (Fsp3) is 0.893. The minimum atomic E-state index is -0.214. The zero-order valence-corrected chi connectivity index (χ0v) is 21.5. The number of fused-ring (bicyclic) bond motifs is 5. The lowest BCUT2D eigenvalue weighted by Gasteiger charge is -2.62. The molecule has 186 valence electrons. The van der Waals surface area contributed by atoms with Gasteiger partial charge < -0.3 is 9.47 Å². The molecule has 0 aromatic rings. The highest BCUT2D eigenvalue weighted by atomic mass is 16.6. The highest BCUT2D eigenvalue weighted by Crippen LogP contribution is 2.69. The third-order valence-corrected chi connectivity index (χ3v) is 10.7. The first kappa shape index (κ1) is 24.7. The number of ether oxygens (including phenoxy) is 2. The molecule has 0 spiro atoms. The van der Waals surface area contributed by atoms with E-state index in [0.717, 1.165) is 51.4 Å².